The molecule has 0 fully saturated rings. The van der Waals surface area contributed by atoms with E-state index in [0.717, 1.165) is 16.9 Å². The zero-order chi connectivity index (χ0) is 16.8. The van der Waals surface area contributed by atoms with Gasteiger partial charge in [0.2, 0.25) is 5.91 Å². The zero-order valence-electron chi connectivity index (χ0n) is 13.1. The number of benzene rings is 2. The second-order valence-corrected chi connectivity index (χ2v) is 6.03. The van der Waals surface area contributed by atoms with Gasteiger partial charge in [0.05, 0.1) is 29.1 Å². The van der Waals surface area contributed by atoms with Crippen LogP contribution in [0.25, 0.3) is 0 Å². The molecule has 0 aliphatic rings. The number of hydrogen-bond donors (Lipinski definition) is 1. The second kappa shape index (κ2) is 8.23. The van der Waals surface area contributed by atoms with Gasteiger partial charge in [-0.15, -0.1) is 0 Å². The molecule has 1 atom stereocenters. The summed E-state index contributed by atoms with van der Waals surface area (Å²) < 4.78 is 5.41. The van der Waals surface area contributed by atoms with Gasteiger partial charge in [0.1, 0.15) is 5.75 Å². The fourth-order valence-corrected chi connectivity index (χ4v) is 2.55. The maximum atomic E-state index is 12.1. The molecule has 0 saturated heterocycles. The second-order valence-electron chi connectivity index (χ2n) is 5.22. The molecular weight excluding hydrogens is 333 g/mol. The van der Waals surface area contributed by atoms with Crippen molar-refractivity contribution in [2.45, 2.75) is 26.3 Å². The van der Waals surface area contributed by atoms with Crippen LogP contribution in [0.3, 0.4) is 0 Å². The van der Waals surface area contributed by atoms with E-state index in [4.69, 9.17) is 27.9 Å². The summed E-state index contributed by atoms with van der Waals surface area (Å²) in [5, 5.41) is 3.91. The molecule has 1 N–H and O–H groups in total. The van der Waals surface area contributed by atoms with E-state index in [9.17, 15) is 4.79 Å². The Kier molecular flexibility index (Phi) is 6.31. The number of nitrogens with one attached hydrogen (secondary N) is 1. The third-order valence-corrected chi connectivity index (χ3v) is 4.16. The van der Waals surface area contributed by atoms with Gasteiger partial charge in [0.15, 0.2) is 0 Å². The number of carbonyl (C=O) groups excluding carboxylic acids is 1. The molecule has 23 heavy (non-hydrogen) atoms. The molecule has 0 bridgehead atoms. The van der Waals surface area contributed by atoms with E-state index in [1.54, 1.807) is 18.2 Å². The molecule has 5 heteroatoms. The largest absolute Gasteiger partial charge is 0.494 e. The summed E-state index contributed by atoms with van der Waals surface area (Å²) in [7, 11) is 0. The lowest BCUT2D eigenvalue weighted by Crippen LogP contribution is -2.28. The van der Waals surface area contributed by atoms with Crippen LogP contribution in [0.1, 0.15) is 31.0 Å². The van der Waals surface area contributed by atoms with Gasteiger partial charge in [-0.1, -0.05) is 41.4 Å². The number of ether oxygens (including phenoxy) is 1. The predicted molar refractivity (Wildman–Crippen MR) is 94.3 cm³/mol. The third-order valence-electron chi connectivity index (χ3n) is 3.42. The molecule has 2 aromatic rings. The van der Waals surface area contributed by atoms with Gasteiger partial charge < -0.3 is 10.1 Å². The summed E-state index contributed by atoms with van der Waals surface area (Å²) in [5.74, 6) is 0.760. The van der Waals surface area contributed by atoms with Crippen LogP contribution in [0.4, 0.5) is 0 Å². The van der Waals surface area contributed by atoms with Crippen molar-refractivity contribution in [1.82, 2.24) is 5.32 Å². The average molecular weight is 352 g/mol. The zero-order valence-corrected chi connectivity index (χ0v) is 14.6. The smallest absolute Gasteiger partial charge is 0.224 e. The highest BCUT2D eigenvalue weighted by Crippen LogP contribution is 2.23. The minimum absolute atomic E-state index is 0.0650. The summed E-state index contributed by atoms with van der Waals surface area (Å²) >= 11 is 11.8. The molecule has 3 nitrogen and oxygen atoms in total. The first-order valence-electron chi connectivity index (χ1n) is 7.45. The molecule has 122 valence electrons. The molecule has 2 rings (SSSR count). The summed E-state index contributed by atoms with van der Waals surface area (Å²) in [6.45, 7) is 4.53. The lowest BCUT2D eigenvalue weighted by atomic mass is 10.1. The fraction of sp³-hybridized carbons (Fsp3) is 0.278. The van der Waals surface area contributed by atoms with Crippen molar-refractivity contribution < 1.29 is 9.53 Å². The van der Waals surface area contributed by atoms with Crippen LogP contribution in [0.15, 0.2) is 42.5 Å². The van der Waals surface area contributed by atoms with Crippen LogP contribution < -0.4 is 10.1 Å². The standard InChI is InChI=1S/C18H19Cl2NO2/c1-3-23-15-7-5-14(6-8-15)12(2)21-18(22)11-13-4-9-16(19)17(20)10-13/h4-10,12H,3,11H2,1-2H3,(H,21,22)/t12-/m0/s1. The minimum atomic E-state index is -0.0825. The van der Waals surface area contributed by atoms with Crippen LogP contribution in [-0.2, 0) is 11.2 Å². The molecule has 0 radical (unpaired) electrons. The van der Waals surface area contributed by atoms with Crippen molar-refractivity contribution in [3.63, 3.8) is 0 Å². The van der Waals surface area contributed by atoms with Gasteiger partial charge in [-0.25, -0.2) is 0 Å². The van der Waals surface area contributed by atoms with Crippen LogP contribution in [-0.4, -0.2) is 12.5 Å². The first-order chi connectivity index (χ1) is 11.0. The van der Waals surface area contributed by atoms with Crippen LogP contribution >= 0.6 is 23.2 Å². The molecule has 0 saturated carbocycles. The maximum absolute atomic E-state index is 12.1. The Bertz CT molecular complexity index is 671. The first-order valence-corrected chi connectivity index (χ1v) is 8.21. The Morgan fingerprint density at radius 2 is 1.83 bits per heavy atom. The van der Waals surface area contributed by atoms with Crippen molar-refractivity contribution in [2.24, 2.45) is 0 Å². The number of rotatable bonds is 6. The molecule has 1 amide bonds. The molecule has 0 aliphatic carbocycles. The lowest BCUT2D eigenvalue weighted by molar-refractivity contribution is -0.121. The molecule has 0 heterocycles. The van der Waals surface area contributed by atoms with Crippen LogP contribution in [0.2, 0.25) is 10.0 Å². The lowest BCUT2D eigenvalue weighted by Gasteiger charge is -2.15. The average Bonchev–Trinajstić information content (AvgIpc) is 2.52. The van der Waals surface area contributed by atoms with E-state index in [1.165, 1.54) is 0 Å². The van der Waals surface area contributed by atoms with Gasteiger partial charge in [0.25, 0.3) is 0 Å². The molecule has 0 unspecified atom stereocenters. The van der Waals surface area contributed by atoms with E-state index in [2.05, 4.69) is 5.32 Å². The van der Waals surface area contributed by atoms with Crippen molar-refractivity contribution >= 4 is 29.1 Å². The maximum Gasteiger partial charge on any atom is 0.224 e. The highest BCUT2D eigenvalue weighted by atomic mass is 35.5. The molecule has 2 aromatic carbocycles. The van der Waals surface area contributed by atoms with E-state index in [-0.39, 0.29) is 18.4 Å². The quantitative estimate of drug-likeness (QED) is 0.810. The predicted octanol–water partition coefficient (Wildman–Crippen LogP) is 4.81. The van der Waals surface area contributed by atoms with E-state index in [1.807, 2.05) is 38.1 Å². The monoisotopic (exact) mass is 351 g/mol. The van der Waals surface area contributed by atoms with Crippen molar-refractivity contribution in [2.75, 3.05) is 6.61 Å². The van der Waals surface area contributed by atoms with Crippen molar-refractivity contribution in [3.8, 4) is 5.75 Å². The molecular formula is C18H19Cl2NO2. The fourth-order valence-electron chi connectivity index (χ4n) is 2.23. The summed E-state index contributed by atoms with van der Waals surface area (Å²) in [5.41, 5.74) is 1.85. The van der Waals surface area contributed by atoms with Gasteiger partial charge in [0, 0.05) is 0 Å². The summed E-state index contributed by atoms with van der Waals surface area (Å²) in [6.07, 6.45) is 0.262. The van der Waals surface area contributed by atoms with Crippen molar-refractivity contribution in [1.29, 1.82) is 0 Å². The Labute approximate surface area is 146 Å². The van der Waals surface area contributed by atoms with E-state index in [0.29, 0.717) is 16.7 Å². The Morgan fingerprint density at radius 3 is 2.43 bits per heavy atom. The third kappa shape index (κ3) is 5.15. The highest BCUT2D eigenvalue weighted by molar-refractivity contribution is 6.42. The topological polar surface area (TPSA) is 38.3 Å². The minimum Gasteiger partial charge on any atom is -0.494 e. The van der Waals surface area contributed by atoms with Crippen LogP contribution in [0, 0.1) is 0 Å². The van der Waals surface area contributed by atoms with E-state index >= 15 is 0 Å². The first kappa shape index (κ1) is 17.6. The van der Waals surface area contributed by atoms with E-state index < -0.39 is 0 Å². The molecule has 0 spiro atoms. The van der Waals surface area contributed by atoms with Gasteiger partial charge in [-0.2, -0.15) is 0 Å². The normalized spacial score (nSPS) is 11.8. The Morgan fingerprint density at radius 1 is 1.13 bits per heavy atom. The van der Waals surface area contributed by atoms with Crippen molar-refractivity contribution in [3.05, 3.63) is 63.6 Å². The Hall–Kier alpha value is -1.71. The molecule has 0 aliphatic heterocycles. The number of amides is 1. The number of halogens is 2. The summed E-state index contributed by atoms with van der Waals surface area (Å²) in [6, 6.07) is 12.8. The number of carbonyl (C=O) groups is 1. The molecule has 0 aromatic heterocycles. The van der Waals surface area contributed by atoms with Gasteiger partial charge in [-0.3, -0.25) is 4.79 Å². The highest BCUT2D eigenvalue weighted by Gasteiger charge is 2.11. The Balaban J connectivity index is 1.94. The SMILES string of the molecule is CCOc1ccc([C@H](C)NC(=O)Cc2ccc(Cl)c(Cl)c2)cc1. The number of hydrogen-bond acceptors (Lipinski definition) is 2. The van der Waals surface area contributed by atoms with Gasteiger partial charge in [-0.05, 0) is 49.2 Å². The van der Waals surface area contributed by atoms with Crippen LogP contribution in [0.5, 0.6) is 5.75 Å². The summed E-state index contributed by atoms with van der Waals surface area (Å²) in [4.78, 5) is 12.1. The van der Waals surface area contributed by atoms with Gasteiger partial charge >= 0.3 is 0 Å².